The largest absolute Gasteiger partial charge is 0.493 e. The quantitative estimate of drug-likeness (QED) is 0.779. The summed E-state index contributed by atoms with van der Waals surface area (Å²) in [4.78, 5) is 17.6. The van der Waals surface area contributed by atoms with Crippen LogP contribution in [0.25, 0.3) is 0 Å². The lowest BCUT2D eigenvalue weighted by Crippen LogP contribution is -2.48. The molecule has 29 heavy (non-hydrogen) atoms. The predicted molar refractivity (Wildman–Crippen MR) is 115 cm³/mol. The number of amides is 1. The third kappa shape index (κ3) is 5.28. The third-order valence-corrected chi connectivity index (χ3v) is 5.54. The Kier molecular flexibility index (Phi) is 7.12. The van der Waals surface area contributed by atoms with Crippen molar-refractivity contribution in [2.75, 3.05) is 54.0 Å². The maximum Gasteiger partial charge on any atom is 0.251 e. The summed E-state index contributed by atoms with van der Waals surface area (Å²) < 4.78 is 10.6. The third-order valence-electron chi connectivity index (χ3n) is 5.54. The van der Waals surface area contributed by atoms with Crippen molar-refractivity contribution in [3.63, 3.8) is 0 Å². The molecule has 1 aliphatic heterocycles. The van der Waals surface area contributed by atoms with Crippen molar-refractivity contribution in [3.05, 3.63) is 59.2 Å². The summed E-state index contributed by atoms with van der Waals surface area (Å²) in [6.07, 6.45) is 0. The van der Waals surface area contributed by atoms with E-state index in [-0.39, 0.29) is 11.9 Å². The average Bonchev–Trinajstić information content (AvgIpc) is 2.75. The highest BCUT2D eigenvalue weighted by atomic mass is 16.5. The van der Waals surface area contributed by atoms with Crippen molar-refractivity contribution < 1.29 is 14.3 Å². The number of carbonyl (C=O) groups excluding carboxylic acids is 1. The van der Waals surface area contributed by atoms with Gasteiger partial charge in [0.15, 0.2) is 11.5 Å². The average molecular weight is 398 g/mol. The first-order valence-corrected chi connectivity index (χ1v) is 10.0. The van der Waals surface area contributed by atoms with E-state index in [2.05, 4.69) is 53.4 Å². The van der Waals surface area contributed by atoms with E-state index in [1.165, 1.54) is 11.1 Å². The number of benzene rings is 2. The Morgan fingerprint density at radius 3 is 2.28 bits per heavy atom. The van der Waals surface area contributed by atoms with Crippen LogP contribution in [0.2, 0.25) is 0 Å². The van der Waals surface area contributed by atoms with E-state index in [9.17, 15) is 4.79 Å². The fourth-order valence-corrected chi connectivity index (χ4v) is 3.65. The van der Waals surface area contributed by atoms with E-state index >= 15 is 0 Å². The minimum atomic E-state index is -0.114. The van der Waals surface area contributed by atoms with E-state index < -0.39 is 0 Å². The molecule has 2 aromatic rings. The monoisotopic (exact) mass is 397 g/mol. The predicted octanol–water partition coefficient (Wildman–Crippen LogP) is 2.73. The zero-order valence-corrected chi connectivity index (χ0v) is 17.8. The number of likely N-dealkylation sites (N-methyl/N-ethyl adjacent to an activating group) is 1. The van der Waals surface area contributed by atoms with E-state index in [1.807, 2.05) is 0 Å². The van der Waals surface area contributed by atoms with Crippen LogP contribution in [-0.2, 0) is 0 Å². The topological polar surface area (TPSA) is 54.0 Å². The van der Waals surface area contributed by atoms with Crippen LogP contribution in [0, 0.1) is 6.92 Å². The molecule has 2 aromatic carbocycles. The van der Waals surface area contributed by atoms with Gasteiger partial charge in [0.05, 0.1) is 20.3 Å². The summed E-state index contributed by atoms with van der Waals surface area (Å²) in [6.45, 7) is 6.69. The highest BCUT2D eigenvalue weighted by Crippen LogP contribution is 2.28. The first kappa shape index (κ1) is 21.1. The number of methoxy groups -OCH3 is 2. The number of nitrogens with zero attached hydrogens (tertiary/aromatic N) is 2. The van der Waals surface area contributed by atoms with Crippen molar-refractivity contribution in [2.45, 2.75) is 13.0 Å². The summed E-state index contributed by atoms with van der Waals surface area (Å²) in [5, 5.41) is 3.12. The molecule has 1 amide bonds. The molecule has 0 spiro atoms. The molecule has 1 aliphatic rings. The fraction of sp³-hybridized carbons (Fsp3) is 0.435. The van der Waals surface area contributed by atoms with Crippen LogP contribution < -0.4 is 14.8 Å². The Morgan fingerprint density at radius 1 is 1.00 bits per heavy atom. The second kappa shape index (κ2) is 9.76. The zero-order valence-electron chi connectivity index (χ0n) is 17.8. The first-order chi connectivity index (χ1) is 14.0. The van der Waals surface area contributed by atoms with Crippen LogP contribution in [0.1, 0.15) is 27.5 Å². The number of nitrogens with one attached hydrogen (secondary N) is 1. The lowest BCUT2D eigenvalue weighted by Gasteiger charge is -2.38. The molecule has 1 saturated heterocycles. The van der Waals surface area contributed by atoms with Crippen molar-refractivity contribution in [1.82, 2.24) is 15.1 Å². The molecule has 0 aromatic heterocycles. The Bertz CT molecular complexity index is 815. The molecule has 6 heteroatoms. The smallest absolute Gasteiger partial charge is 0.251 e. The molecule has 1 heterocycles. The molecule has 3 rings (SSSR count). The molecular weight excluding hydrogens is 366 g/mol. The number of hydrogen-bond donors (Lipinski definition) is 1. The summed E-state index contributed by atoms with van der Waals surface area (Å²) in [5.41, 5.74) is 3.02. The van der Waals surface area contributed by atoms with Crippen LogP contribution in [0.4, 0.5) is 0 Å². The normalized spacial score (nSPS) is 16.3. The van der Waals surface area contributed by atoms with Crippen LogP contribution in [0.15, 0.2) is 42.5 Å². The van der Waals surface area contributed by atoms with Crippen LogP contribution >= 0.6 is 0 Å². The van der Waals surface area contributed by atoms with Crippen LogP contribution in [0.3, 0.4) is 0 Å². The minimum Gasteiger partial charge on any atom is -0.493 e. The van der Waals surface area contributed by atoms with Gasteiger partial charge in [0.25, 0.3) is 5.91 Å². The van der Waals surface area contributed by atoms with Crippen LogP contribution in [0.5, 0.6) is 11.5 Å². The Labute approximate surface area is 173 Å². The van der Waals surface area contributed by atoms with Gasteiger partial charge in [-0.2, -0.15) is 0 Å². The van der Waals surface area contributed by atoms with Crippen molar-refractivity contribution >= 4 is 5.91 Å². The minimum absolute atomic E-state index is 0.114. The number of piperazine rings is 1. The van der Waals surface area contributed by atoms with E-state index in [1.54, 1.807) is 32.4 Å². The lowest BCUT2D eigenvalue weighted by molar-refractivity contribution is 0.0886. The number of ether oxygens (including phenoxy) is 2. The van der Waals surface area contributed by atoms with Gasteiger partial charge in [-0.1, -0.05) is 29.8 Å². The lowest BCUT2D eigenvalue weighted by atomic mass is 10.0. The second-order valence-corrected chi connectivity index (χ2v) is 7.55. The van der Waals surface area contributed by atoms with Gasteiger partial charge in [0.1, 0.15) is 0 Å². The standard InChI is InChI=1S/C23H31N3O3/c1-17-5-7-18(8-6-17)20(26-13-11-25(2)12-14-26)16-24-23(27)19-9-10-21(28-3)22(15-19)29-4/h5-10,15,20H,11-14,16H2,1-4H3,(H,24,27)/t20-/m0/s1. The SMILES string of the molecule is COc1ccc(C(=O)NC[C@@H](c2ccc(C)cc2)N2CCN(C)CC2)cc1OC. The summed E-state index contributed by atoms with van der Waals surface area (Å²) >= 11 is 0. The van der Waals surface area contributed by atoms with E-state index in [0.29, 0.717) is 23.6 Å². The van der Waals surface area contributed by atoms with Gasteiger partial charge < -0.3 is 19.7 Å². The van der Waals surface area contributed by atoms with Gasteiger partial charge in [-0.25, -0.2) is 0 Å². The second-order valence-electron chi connectivity index (χ2n) is 7.55. The Balaban J connectivity index is 1.74. The molecule has 0 unspecified atom stereocenters. The van der Waals surface area contributed by atoms with Gasteiger partial charge >= 0.3 is 0 Å². The molecular formula is C23H31N3O3. The molecule has 0 radical (unpaired) electrons. The van der Waals surface area contributed by atoms with Gasteiger partial charge in [-0.3, -0.25) is 9.69 Å². The molecule has 1 fully saturated rings. The molecule has 1 N–H and O–H groups in total. The Hall–Kier alpha value is -2.57. The van der Waals surface area contributed by atoms with Gasteiger partial charge in [-0.05, 0) is 37.7 Å². The fourth-order valence-electron chi connectivity index (χ4n) is 3.65. The molecule has 1 atom stereocenters. The van der Waals surface area contributed by atoms with E-state index in [0.717, 1.165) is 26.2 Å². The molecule has 0 bridgehead atoms. The maximum absolute atomic E-state index is 12.8. The molecule has 6 nitrogen and oxygen atoms in total. The highest BCUT2D eigenvalue weighted by Gasteiger charge is 2.24. The van der Waals surface area contributed by atoms with Crippen LogP contribution in [-0.4, -0.2) is 69.7 Å². The highest BCUT2D eigenvalue weighted by molar-refractivity contribution is 5.94. The van der Waals surface area contributed by atoms with Crippen molar-refractivity contribution in [3.8, 4) is 11.5 Å². The Morgan fingerprint density at radius 2 is 1.66 bits per heavy atom. The number of hydrogen-bond acceptors (Lipinski definition) is 5. The summed E-state index contributed by atoms with van der Waals surface area (Å²) in [5.74, 6) is 1.05. The number of rotatable bonds is 7. The van der Waals surface area contributed by atoms with Gasteiger partial charge in [0, 0.05) is 38.3 Å². The van der Waals surface area contributed by atoms with Gasteiger partial charge in [0.2, 0.25) is 0 Å². The summed E-state index contributed by atoms with van der Waals surface area (Å²) in [6, 6.07) is 14.0. The number of carbonyl (C=O) groups is 1. The van der Waals surface area contributed by atoms with Gasteiger partial charge in [-0.15, -0.1) is 0 Å². The summed E-state index contributed by atoms with van der Waals surface area (Å²) in [7, 11) is 5.30. The number of aryl methyl sites for hydroxylation is 1. The van der Waals surface area contributed by atoms with Crippen molar-refractivity contribution in [1.29, 1.82) is 0 Å². The maximum atomic E-state index is 12.8. The molecule has 156 valence electrons. The first-order valence-electron chi connectivity index (χ1n) is 10.0. The molecule has 0 aliphatic carbocycles. The van der Waals surface area contributed by atoms with Crippen molar-refractivity contribution in [2.24, 2.45) is 0 Å². The van der Waals surface area contributed by atoms with E-state index in [4.69, 9.17) is 9.47 Å². The molecule has 0 saturated carbocycles. The zero-order chi connectivity index (χ0) is 20.8.